The van der Waals surface area contributed by atoms with E-state index in [0.29, 0.717) is 18.0 Å². The molecule has 3 heteroatoms. The van der Waals surface area contributed by atoms with Gasteiger partial charge in [-0.15, -0.1) is 0 Å². The van der Waals surface area contributed by atoms with Crippen LogP contribution in [0.25, 0.3) is 0 Å². The van der Waals surface area contributed by atoms with E-state index >= 15 is 0 Å². The normalized spacial score (nSPS) is 40.0. The second kappa shape index (κ2) is 8.01. The predicted octanol–water partition coefficient (Wildman–Crippen LogP) is 3.60. The minimum Gasteiger partial charge on any atom is -0.378 e. The van der Waals surface area contributed by atoms with Crippen molar-refractivity contribution in [1.29, 1.82) is 0 Å². The fourth-order valence-corrected chi connectivity index (χ4v) is 5.01. The monoisotopic (exact) mass is 293 g/mol. The lowest BCUT2D eigenvalue weighted by Gasteiger charge is -2.33. The summed E-state index contributed by atoms with van der Waals surface area (Å²) in [6, 6.07) is 1.10. The summed E-state index contributed by atoms with van der Waals surface area (Å²) in [6.45, 7) is 6.85. The van der Waals surface area contributed by atoms with E-state index in [2.05, 4.69) is 33.5 Å². The van der Waals surface area contributed by atoms with E-state index in [1.165, 1.54) is 51.4 Å². The summed E-state index contributed by atoms with van der Waals surface area (Å²) < 4.78 is 0. The summed E-state index contributed by atoms with van der Waals surface area (Å²) in [5.74, 6) is 2.47. The summed E-state index contributed by atoms with van der Waals surface area (Å²) in [5.41, 5.74) is 0. The second-order valence-corrected chi connectivity index (χ2v) is 8.07. The molecule has 0 amide bonds. The number of fused-ring (bicyclic) bond motifs is 1. The molecule has 1 heterocycles. The molecule has 2 nitrogen and oxygen atoms in total. The van der Waals surface area contributed by atoms with Crippen LogP contribution in [0.15, 0.2) is 0 Å². The highest BCUT2D eigenvalue weighted by Crippen LogP contribution is 2.40. The number of hydrogen-bond donors (Lipinski definition) is 1. The number of likely N-dealkylation sites (tertiary alicyclic amines) is 1. The molecule has 0 aromatic rings. The smallest absolute Gasteiger partial charge is 0.108 e. The van der Waals surface area contributed by atoms with Crippen LogP contribution < -0.4 is 0 Å². The molecule has 2 rings (SSSR count). The summed E-state index contributed by atoms with van der Waals surface area (Å²) >= 11 is 0. The number of hydrogen-bond acceptors (Lipinski definition) is 2. The standard InChI is InChI=1S/C18H36BNO/c1-4-14-8-6-5-7-9-17-15(11-16(19)10-14)12-18(21)20(17)13(2)3/h13-18,21H,4-12,19H2,1-3H3. The quantitative estimate of drug-likeness (QED) is 0.786. The van der Waals surface area contributed by atoms with Crippen molar-refractivity contribution in [2.24, 2.45) is 11.8 Å². The molecule has 2 aliphatic rings. The zero-order valence-corrected chi connectivity index (χ0v) is 14.7. The van der Waals surface area contributed by atoms with Crippen LogP contribution in [0.3, 0.4) is 0 Å². The van der Waals surface area contributed by atoms with E-state index in [0.717, 1.165) is 18.2 Å². The van der Waals surface area contributed by atoms with Crippen molar-refractivity contribution in [3.63, 3.8) is 0 Å². The third kappa shape index (κ3) is 4.48. The highest BCUT2D eigenvalue weighted by molar-refractivity contribution is 6.11. The maximum Gasteiger partial charge on any atom is 0.108 e. The average Bonchev–Trinajstić information content (AvgIpc) is 2.70. The topological polar surface area (TPSA) is 23.5 Å². The fourth-order valence-electron chi connectivity index (χ4n) is 5.01. The van der Waals surface area contributed by atoms with Crippen LogP contribution >= 0.6 is 0 Å². The minimum absolute atomic E-state index is 0.197. The van der Waals surface area contributed by atoms with Crippen molar-refractivity contribution in [3.8, 4) is 0 Å². The summed E-state index contributed by atoms with van der Waals surface area (Å²) in [7, 11) is 2.45. The van der Waals surface area contributed by atoms with Gasteiger partial charge >= 0.3 is 0 Å². The van der Waals surface area contributed by atoms with Crippen LogP contribution in [0.1, 0.15) is 78.6 Å². The molecule has 5 unspecified atom stereocenters. The van der Waals surface area contributed by atoms with Gasteiger partial charge < -0.3 is 5.11 Å². The van der Waals surface area contributed by atoms with E-state index in [9.17, 15) is 5.11 Å². The van der Waals surface area contributed by atoms with Crippen molar-refractivity contribution < 1.29 is 5.11 Å². The maximum atomic E-state index is 10.5. The average molecular weight is 293 g/mol. The van der Waals surface area contributed by atoms with Gasteiger partial charge in [-0.3, -0.25) is 4.90 Å². The van der Waals surface area contributed by atoms with Gasteiger partial charge in [0.1, 0.15) is 14.1 Å². The molecule has 0 radical (unpaired) electrons. The Balaban J connectivity index is 2.07. The van der Waals surface area contributed by atoms with Crippen molar-refractivity contribution in [2.45, 2.75) is 103 Å². The van der Waals surface area contributed by atoms with Gasteiger partial charge in [0.05, 0.1) is 0 Å². The maximum absolute atomic E-state index is 10.5. The predicted molar refractivity (Wildman–Crippen MR) is 93.3 cm³/mol. The molecule has 5 atom stereocenters. The van der Waals surface area contributed by atoms with E-state index in [-0.39, 0.29) is 6.23 Å². The van der Waals surface area contributed by atoms with Gasteiger partial charge in [-0.2, -0.15) is 0 Å². The summed E-state index contributed by atoms with van der Waals surface area (Å²) in [5, 5.41) is 10.5. The van der Waals surface area contributed by atoms with Gasteiger partial charge in [0.25, 0.3) is 0 Å². The zero-order valence-electron chi connectivity index (χ0n) is 14.7. The first-order valence-corrected chi connectivity index (χ1v) is 9.48. The molecule has 1 saturated heterocycles. The Morgan fingerprint density at radius 1 is 1.10 bits per heavy atom. The Morgan fingerprint density at radius 2 is 1.81 bits per heavy atom. The third-order valence-electron chi connectivity index (χ3n) is 6.01. The van der Waals surface area contributed by atoms with Crippen molar-refractivity contribution in [2.75, 3.05) is 0 Å². The molecule has 21 heavy (non-hydrogen) atoms. The van der Waals surface area contributed by atoms with Crippen LogP contribution in [0.2, 0.25) is 5.82 Å². The van der Waals surface area contributed by atoms with Crippen LogP contribution in [-0.4, -0.2) is 36.2 Å². The van der Waals surface area contributed by atoms with Gasteiger partial charge in [0, 0.05) is 12.1 Å². The molecular weight excluding hydrogens is 257 g/mol. The Hall–Kier alpha value is -0.0151. The first kappa shape index (κ1) is 17.3. The Labute approximate surface area is 133 Å². The summed E-state index contributed by atoms with van der Waals surface area (Å²) in [6.07, 6.45) is 11.8. The van der Waals surface area contributed by atoms with Gasteiger partial charge in [-0.25, -0.2) is 0 Å². The van der Waals surface area contributed by atoms with Crippen LogP contribution in [0, 0.1) is 11.8 Å². The lowest BCUT2D eigenvalue weighted by atomic mass is 9.72. The van der Waals surface area contributed by atoms with Gasteiger partial charge in [-0.05, 0) is 38.5 Å². The van der Waals surface area contributed by atoms with E-state index in [4.69, 9.17) is 0 Å². The lowest BCUT2D eigenvalue weighted by Crippen LogP contribution is -2.42. The number of aliphatic hydroxyl groups is 1. The largest absolute Gasteiger partial charge is 0.378 e. The Bertz CT molecular complexity index is 310. The highest BCUT2D eigenvalue weighted by Gasteiger charge is 2.41. The molecular formula is C18H36BNO. The van der Waals surface area contributed by atoms with Gasteiger partial charge in [-0.1, -0.05) is 57.7 Å². The van der Waals surface area contributed by atoms with Crippen LogP contribution in [0.5, 0.6) is 0 Å². The molecule has 0 bridgehead atoms. The Kier molecular flexibility index (Phi) is 6.62. The first-order chi connectivity index (χ1) is 10.0. The minimum atomic E-state index is -0.197. The number of rotatable bonds is 2. The zero-order chi connectivity index (χ0) is 15.4. The highest BCUT2D eigenvalue weighted by atomic mass is 16.3. The fraction of sp³-hybridized carbons (Fsp3) is 1.00. The molecule has 1 aliphatic carbocycles. The number of nitrogens with zero attached hydrogens (tertiary/aromatic N) is 1. The Morgan fingerprint density at radius 3 is 2.48 bits per heavy atom. The van der Waals surface area contributed by atoms with Crippen molar-refractivity contribution in [3.05, 3.63) is 0 Å². The van der Waals surface area contributed by atoms with E-state index in [1.54, 1.807) is 0 Å². The van der Waals surface area contributed by atoms with Crippen molar-refractivity contribution in [1.82, 2.24) is 4.90 Å². The second-order valence-electron chi connectivity index (χ2n) is 8.07. The van der Waals surface area contributed by atoms with Crippen LogP contribution in [-0.2, 0) is 0 Å². The third-order valence-corrected chi connectivity index (χ3v) is 6.01. The molecule has 1 N–H and O–H groups in total. The SMILES string of the molecule is BC1CC(CC)CCCCCC2C(C1)CC(O)N2C(C)C. The number of aliphatic hydroxyl groups excluding tert-OH is 1. The van der Waals surface area contributed by atoms with Gasteiger partial charge in [0.2, 0.25) is 0 Å². The van der Waals surface area contributed by atoms with Crippen LogP contribution in [0.4, 0.5) is 0 Å². The molecule has 1 saturated carbocycles. The molecule has 0 spiro atoms. The van der Waals surface area contributed by atoms with E-state index in [1.807, 2.05) is 0 Å². The van der Waals surface area contributed by atoms with Gasteiger partial charge in [0.15, 0.2) is 0 Å². The van der Waals surface area contributed by atoms with Crippen molar-refractivity contribution >= 4 is 7.85 Å². The first-order valence-electron chi connectivity index (χ1n) is 9.48. The lowest BCUT2D eigenvalue weighted by molar-refractivity contribution is -0.00717. The molecule has 2 fully saturated rings. The summed E-state index contributed by atoms with van der Waals surface area (Å²) in [4.78, 5) is 2.41. The molecule has 0 aromatic carbocycles. The van der Waals surface area contributed by atoms with E-state index < -0.39 is 0 Å². The molecule has 0 aromatic heterocycles. The molecule has 122 valence electrons. The molecule has 1 aliphatic heterocycles.